The average molecular weight is 467 g/mol. The van der Waals surface area contributed by atoms with Crippen molar-refractivity contribution in [3.8, 4) is 0 Å². The Balaban J connectivity index is 1.54. The van der Waals surface area contributed by atoms with Crippen molar-refractivity contribution in [1.29, 1.82) is 0 Å². The Hall–Kier alpha value is -2.68. The lowest BCUT2D eigenvalue weighted by molar-refractivity contribution is 0.0302. The molecule has 1 saturated heterocycles. The van der Waals surface area contributed by atoms with E-state index in [9.17, 15) is 4.79 Å². The molecule has 1 aromatic heterocycles. The molecule has 1 aliphatic heterocycles. The quantitative estimate of drug-likeness (QED) is 0.446. The van der Waals surface area contributed by atoms with Gasteiger partial charge < -0.3 is 18.9 Å². The molecule has 1 atom stereocenters. The standard InChI is InChI=1S/C25H30N4O3S/c1-19(17-31-2)29-23(16-20-8-4-3-5-9-20)26-27-25(29)33-18-21-10-6-7-11-22(21)24(30)28-12-14-32-15-13-28/h3-11,19H,12-18H2,1-2H3. The number of amides is 1. The summed E-state index contributed by atoms with van der Waals surface area (Å²) in [7, 11) is 1.71. The Morgan fingerprint density at radius 1 is 1.09 bits per heavy atom. The average Bonchev–Trinajstić information content (AvgIpc) is 3.26. The summed E-state index contributed by atoms with van der Waals surface area (Å²) in [6.07, 6.45) is 0.703. The van der Waals surface area contributed by atoms with Gasteiger partial charge in [-0.15, -0.1) is 10.2 Å². The van der Waals surface area contributed by atoms with Gasteiger partial charge in [-0.3, -0.25) is 4.79 Å². The monoisotopic (exact) mass is 466 g/mol. The molecule has 8 heteroatoms. The van der Waals surface area contributed by atoms with Crippen molar-refractivity contribution in [2.75, 3.05) is 40.0 Å². The summed E-state index contributed by atoms with van der Waals surface area (Å²) in [5.74, 6) is 1.61. The zero-order valence-corrected chi connectivity index (χ0v) is 20.0. The molecule has 2 heterocycles. The van der Waals surface area contributed by atoms with Crippen molar-refractivity contribution in [2.24, 2.45) is 0 Å². The van der Waals surface area contributed by atoms with Gasteiger partial charge in [0.2, 0.25) is 0 Å². The van der Waals surface area contributed by atoms with Crippen LogP contribution in [0.3, 0.4) is 0 Å². The summed E-state index contributed by atoms with van der Waals surface area (Å²) in [6.45, 7) is 5.12. The van der Waals surface area contributed by atoms with E-state index in [4.69, 9.17) is 9.47 Å². The molecule has 2 aromatic carbocycles. The fraction of sp³-hybridized carbons (Fsp3) is 0.400. The Kier molecular flexibility index (Phi) is 8.15. The minimum atomic E-state index is 0.0634. The van der Waals surface area contributed by atoms with Gasteiger partial charge >= 0.3 is 0 Å². The highest BCUT2D eigenvalue weighted by Gasteiger charge is 2.22. The van der Waals surface area contributed by atoms with Crippen molar-refractivity contribution in [3.63, 3.8) is 0 Å². The van der Waals surface area contributed by atoms with Crippen LogP contribution in [-0.4, -0.2) is 65.6 Å². The van der Waals surface area contributed by atoms with E-state index in [1.807, 2.05) is 47.4 Å². The zero-order chi connectivity index (χ0) is 23.0. The smallest absolute Gasteiger partial charge is 0.254 e. The van der Waals surface area contributed by atoms with E-state index < -0.39 is 0 Å². The van der Waals surface area contributed by atoms with Gasteiger partial charge in [-0.1, -0.05) is 60.3 Å². The number of rotatable bonds is 9. The van der Waals surface area contributed by atoms with E-state index in [0.717, 1.165) is 22.1 Å². The minimum Gasteiger partial charge on any atom is -0.383 e. The predicted octanol–water partition coefficient (Wildman–Crippen LogP) is 3.84. The number of carbonyl (C=O) groups is 1. The van der Waals surface area contributed by atoms with E-state index in [-0.39, 0.29) is 11.9 Å². The normalized spacial score (nSPS) is 14.9. The lowest BCUT2D eigenvalue weighted by Crippen LogP contribution is -2.41. The fourth-order valence-corrected chi connectivity index (χ4v) is 5.06. The number of methoxy groups -OCH3 is 1. The third-order valence-corrected chi connectivity index (χ3v) is 6.68. The summed E-state index contributed by atoms with van der Waals surface area (Å²) in [4.78, 5) is 15.0. The molecule has 4 rings (SSSR count). The number of ether oxygens (including phenoxy) is 2. The molecule has 1 amide bonds. The second kappa shape index (κ2) is 11.4. The Labute approximate surface area is 199 Å². The van der Waals surface area contributed by atoms with Crippen molar-refractivity contribution in [2.45, 2.75) is 30.3 Å². The van der Waals surface area contributed by atoms with Gasteiger partial charge in [0.1, 0.15) is 5.82 Å². The zero-order valence-electron chi connectivity index (χ0n) is 19.1. The molecule has 0 aliphatic carbocycles. The van der Waals surface area contributed by atoms with Crippen LogP contribution in [-0.2, 0) is 21.6 Å². The number of hydrogen-bond acceptors (Lipinski definition) is 6. The number of aromatic nitrogens is 3. The molecule has 1 fully saturated rings. The van der Waals surface area contributed by atoms with E-state index in [0.29, 0.717) is 45.1 Å². The SMILES string of the molecule is COCC(C)n1c(Cc2ccccc2)nnc1SCc1ccccc1C(=O)N1CCOCC1. The van der Waals surface area contributed by atoms with Crippen LogP contribution in [0.25, 0.3) is 0 Å². The highest BCUT2D eigenvalue weighted by atomic mass is 32.2. The molecule has 0 radical (unpaired) electrons. The molecular weight excluding hydrogens is 436 g/mol. The first kappa shape index (κ1) is 23.5. The molecule has 0 N–H and O–H groups in total. The van der Waals surface area contributed by atoms with E-state index in [1.165, 1.54) is 5.56 Å². The molecule has 1 unspecified atom stereocenters. The third-order valence-electron chi connectivity index (χ3n) is 5.69. The number of thioether (sulfide) groups is 1. The maximum Gasteiger partial charge on any atom is 0.254 e. The first-order chi connectivity index (χ1) is 16.2. The fourth-order valence-electron chi connectivity index (χ4n) is 4.00. The topological polar surface area (TPSA) is 69.5 Å². The van der Waals surface area contributed by atoms with Crippen LogP contribution >= 0.6 is 11.8 Å². The summed E-state index contributed by atoms with van der Waals surface area (Å²) in [5, 5.41) is 9.84. The molecular formula is C25H30N4O3S. The second-order valence-electron chi connectivity index (χ2n) is 8.09. The lowest BCUT2D eigenvalue weighted by Gasteiger charge is -2.27. The molecule has 174 valence electrons. The Morgan fingerprint density at radius 2 is 1.82 bits per heavy atom. The molecule has 7 nitrogen and oxygen atoms in total. The van der Waals surface area contributed by atoms with Gasteiger partial charge in [0.15, 0.2) is 5.16 Å². The Bertz CT molecular complexity index is 1050. The van der Waals surface area contributed by atoms with Gasteiger partial charge in [0.05, 0.1) is 25.9 Å². The van der Waals surface area contributed by atoms with Crippen LogP contribution in [0.1, 0.15) is 40.3 Å². The summed E-state index contributed by atoms with van der Waals surface area (Å²) >= 11 is 1.60. The third kappa shape index (κ3) is 5.82. The van der Waals surface area contributed by atoms with Crippen LogP contribution < -0.4 is 0 Å². The number of nitrogens with zero attached hydrogens (tertiary/aromatic N) is 4. The largest absolute Gasteiger partial charge is 0.383 e. The van der Waals surface area contributed by atoms with Gasteiger partial charge in [-0.2, -0.15) is 0 Å². The van der Waals surface area contributed by atoms with Crippen molar-refractivity contribution in [3.05, 3.63) is 77.1 Å². The maximum absolute atomic E-state index is 13.1. The molecule has 33 heavy (non-hydrogen) atoms. The summed E-state index contributed by atoms with van der Waals surface area (Å²) in [6, 6.07) is 18.2. The van der Waals surface area contributed by atoms with Crippen LogP contribution in [0, 0.1) is 0 Å². The molecule has 0 spiro atoms. The van der Waals surface area contributed by atoms with Crippen molar-refractivity contribution in [1.82, 2.24) is 19.7 Å². The van der Waals surface area contributed by atoms with Gasteiger partial charge in [-0.25, -0.2) is 0 Å². The first-order valence-corrected chi connectivity index (χ1v) is 12.2. The summed E-state index contributed by atoms with van der Waals surface area (Å²) < 4.78 is 13.0. The Morgan fingerprint density at radius 3 is 2.58 bits per heavy atom. The van der Waals surface area contributed by atoms with Crippen LogP contribution in [0.5, 0.6) is 0 Å². The number of hydrogen-bond donors (Lipinski definition) is 0. The number of carbonyl (C=O) groups excluding carboxylic acids is 1. The predicted molar refractivity (Wildman–Crippen MR) is 129 cm³/mol. The molecule has 1 aliphatic rings. The van der Waals surface area contributed by atoms with Crippen LogP contribution in [0.4, 0.5) is 0 Å². The van der Waals surface area contributed by atoms with Crippen LogP contribution in [0.2, 0.25) is 0 Å². The second-order valence-corrected chi connectivity index (χ2v) is 9.03. The lowest BCUT2D eigenvalue weighted by atomic mass is 10.1. The molecule has 3 aromatic rings. The highest BCUT2D eigenvalue weighted by Crippen LogP contribution is 2.28. The van der Waals surface area contributed by atoms with E-state index in [2.05, 4.69) is 33.8 Å². The van der Waals surface area contributed by atoms with Crippen LogP contribution in [0.15, 0.2) is 59.8 Å². The minimum absolute atomic E-state index is 0.0634. The maximum atomic E-state index is 13.1. The van der Waals surface area contributed by atoms with E-state index in [1.54, 1.807) is 18.9 Å². The summed E-state index contributed by atoms with van der Waals surface area (Å²) in [5.41, 5.74) is 2.93. The van der Waals surface area contributed by atoms with Crippen molar-refractivity contribution >= 4 is 17.7 Å². The first-order valence-electron chi connectivity index (χ1n) is 11.2. The van der Waals surface area contributed by atoms with Gasteiger partial charge in [0.25, 0.3) is 5.91 Å². The number of benzene rings is 2. The highest BCUT2D eigenvalue weighted by molar-refractivity contribution is 7.98. The number of morpholine rings is 1. The molecule has 0 saturated carbocycles. The van der Waals surface area contributed by atoms with Gasteiger partial charge in [0, 0.05) is 37.9 Å². The van der Waals surface area contributed by atoms with Gasteiger partial charge in [-0.05, 0) is 24.1 Å². The van der Waals surface area contributed by atoms with Crippen molar-refractivity contribution < 1.29 is 14.3 Å². The molecule has 0 bridgehead atoms. The van der Waals surface area contributed by atoms with E-state index >= 15 is 0 Å².